The molecule has 0 aliphatic carbocycles. The molecule has 0 aromatic rings. The summed E-state index contributed by atoms with van der Waals surface area (Å²) in [6.45, 7) is 7.84. The zero-order valence-electron chi connectivity index (χ0n) is 9.87. The predicted molar refractivity (Wildman–Crippen MR) is 62.1 cm³/mol. The average molecular weight is 212 g/mol. The number of ether oxygens (including phenoxy) is 1. The maximum Gasteiger partial charge on any atom is 0.0480 e. The minimum atomic E-state index is 0.743. The van der Waals surface area contributed by atoms with Crippen LogP contribution in [0.1, 0.15) is 32.6 Å². The first-order chi connectivity index (χ1) is 7.40. The zero-order chi connectivity index (χ0) is 10.5. The fourth-order valence-electron chi connectivity index (χ4n) is 2.78. The van der Waals surface area contributed by atoms with Crippen molar-refractivity contribution < 1.29 is 4.74 Å². The van der Waals surface area contributed by atoms with Crippen LogP contribution in [0.25, 0.3) is 0 Å². The maximum absolute atomic E-state index is 5.42. The molecular weight excluding hydrogens is 188 g/mol. The summed E-state index contributed by atoms with van der Waals surface area (Å²) in [6, 6.07) is 1.51. The second-order valence-electron chi connectivity index (χ2n) is 4.72. The van der Waals surface area contributed by atoms with Gasteiger partial charge in [0.15, 0.2) is 0 Å². The van der Waals surface area contributed by atoms with Crippen LogP contribution in [-0.2, 0) is 4.74 Å². The maximum atomic E-state index is 5.42. The highest BCUT2D eigenvalue weighted by Gasteiger charge is 2.24. The van der Waals surface area contributed by atoms with E-state index in [0.717, 1.165) is 25.3 Å². The van der Waals surface area contributed by atoms with E-state index in [9.17, 15) is 0 Å². The first-order valence-corrected chi connectivity index (χ1v) is 6.45. The summed E-state index contributed by atoms with van der Waals surface area (Å²) < 4.78 is 5.42. The molecule has 1 atom stereocenters. The molecule has 0 aromatic carbocycles. The molecule has 2 saturated heterocycles. The van der Waals surface area contributed by atoms with Gasteiger partial charge in [0.1, 0.15) is 0 Å². The van der Waals surface area contributed by atoms with E-state index in [0.29, 0.717) is 0 Å². The molecule has 0 spiro atoms. The molecule has 15 heavy (non-hydrogen) atoms. The van der Waals surface area contributed by atoms with Crippen molar-refractivity contribution in [3.05, 3.63) is 0 Å². The van der Waals surface area contributed by atoms with Gasteiger partial charge in [0.05, 0.1) is 0 Å². The van der Waals surface area contributed by atoms with Gasteiger partial charge in [-0.05, 0) is 38.8 Å². The van der Waals surface area contributed by atoms with Crippen molar-refractivity contribution in [2.24, 2.45) is 0 Å². The van der Waals surface area contributed by atoms with Crippen molar-refractivity contribution >= 4 is 0 Å². The van der Waals surface area contributed by atoms with Crippen LogP contribution >= 0.6 is 0 Å². The second kappa shape index (κ2) is 5.83. The molecule has 2 fully saturated rings. The summed E-state index contributed by atoms with van der Waals surface area (Å²) in [7, 11) is 0. The smallest absolute Gasteiger partial charge is 0.0480 e. The van der Waals surface area contributed by atoms with Gasteiger partial charge in [0.25, 0.3) is 0 Å². The first-order valence-electron chi connectivity index (χ1n) is 6.45. The highest BCUT2D eigenvalue weighted by Crippen LogP contribution is 2.16. The Hall–Kier alpha value is -0.120. The van der Waals surface area contributed by atoms with Crippen molar-refractivity contribution in [1.29, 1.82) is 0 Å². The van der Waals surface area contributed by atoms with Crippen LogP contribution in [0.3, 0.4) is 0 Å². The van der Waals surface area contributed by atoms with Gasteiger partial charge in [0.2, 0.25) is 0 Å². The molecule has 2 aliphatic heterocycles. The van der Waals surface area contributed by atoms with Crippen molar-refractivity contribution in [3.63, 3.8) is 0 Å². The van der Waals surface area contributed by atoms with Crippen LogP contribution in [0, 0.1) is 0 Å². The summed E-state index contributed by atoms with van der Waals surface area (Å²) in [4.78, 5) is 2.64. The Morgan fingerprint density at radius 1 is 1.27 bits per heavy atom. The van der Waals surface area contributed by atoms with E-state index in [1.165, 1.54) is 45.3 Å². The summed E-state index contributed by atoms with van der Waals surface area (Å²) in [5.41, 5.74) is 0. The van der Waals surface area contributed by atoms with Crippen LogP contribution in [0.5, 0.6) is 0 Å². The van der Waals surface area contributed by atoms with Gasteiger partial charge in [-0.2, -0.15) is 0 Å². The highest BCUT2D eigenvalue weighted by molar-refractivity contribution is 4.81. The Bertz CT molecular complexity index is 174. The number of hydrogen-bond acceptors (Lipinski definition) is 3. The number of hydrogen-bond donors (Lipinski definition) is 1. The van der Waals surface area contributed by atoms with Crippen LogP contribution in [-0.4, -0.2) is 49.8 Å². The Morgan fingerprint density at radius 2 is 2.07 bits per heavy atom. The van der Waals surface area contributed by atoms with Gasteiger partial charge >= 0.3 is 0 Å². The summed E-state index contributed by atoms with van der Waals surface area (Å²) in [5.74, 6) is 0. The van der Waals surface area contributed by atoms with Crippen molar-refractivity contribution in [2.75, 3.05) is 32.8 Å². The minimum absolute atomic E-state index is 0.743. The topological polar surface area (TPSA) is 24.5 Å². The van der Waals surface area contributed by atoms with Crippen molar-refractivity contribution in [3.8, 4) is 0 Å². The van der Waals surface area contributed by atoms with E-state index in [2.05, 4.69) is 17.1 Å². The Kier molecular flexibility index (Phi) is 4.42. The Morgan fingerprint density at radius 3 is 2.67 bits per heavy atom. The molecule has 3 heteroatoms. The first kappa shape index (κ1) is 11.4. The average Bonchev–Trinajstić information content (AvgIpc) is 2.80. The molecule has 88 valence electrons. The lowest BCUT2D eigenvalue weighted by Crippen LogP contribution is -2.45. The van der Waals surface area contributed by atoms with Crippen LogP contribution in [0.15, 0.2) is 0 Å². The lowest BCUT2D eigenvalue weighted by Gasteiger charge is -2.35. The molecule has 0 bridgehead atoms. The van der Waals surface area contributed by atoms with Crippen LogP contribution in [0.4, 0.5) is 0 Å². The SMILES string of the molecule is CCN(CC1CCCN1)C1CCOCC1. The monoisotopic (exact) mass is 212 g/mol. The molecule has 1 N–H and O–H groups in total. The van der Waals surface area contributed by atoms with Crippen LogP contribution < -0.4 is 5.32 Å². The Labute approximate surface area is 93.2 Å². The fourth-order valence-corrected chi connectivity index (χ4v) is 2.78. The van der Waals surface area contributed by atoms with E-state index >= 15 is 0 Å². The second-order valence-corrected chi connectivity index (χ2v) is 4.72. The van der Waals surface area contributed by atoms with Gasteiger partial charge in [-0.25, -0.2) is 0 Å². The molecule has 0 saturated carbocycles. The molecule has 2 rings (SSSR count). The van der Waals surface area contributed by atoms with E-state index in [1.807, 2.05) is 0 Å². The third-order valence-electron chi connectivity index (χ3n) is 3.73. The number of rotatable bonds is 4. The molecular formula is C12H24N2O. The number of nitrogens with zero attached hydrogens (tertiary/aromatic N) is 1. The van der Waals surface area contributed by atoms with Gasteiger partial charge in [-0.1, -0.05) is 6.92 Å². The molecule has 3 nitrogen and oxygen atoms in total. The highest BCUT2D eigenvalue weighted by atomic mass is 16.5. The largest absolute Gasteiger partial charge is 0.381 e. The number of nitrogens with one attached hydrogen (secondary N) is 1. The molecule has 0 radical (unpaired) electrons. The third kappa shape index (κ3) is 3.16. The fraction of sp³-hybridized carbons (Fsp3) is 1.00. The van der Waals surface area contributed by atoms with Crippen LogP contribution in [0.2, 0.25) is 0 Å². The van der Waals surface area contributed by atoms with Crippen molar-refractivity contribution in [2.45, 2.75) is 44.7 Å². The number of likely N-dealkylation sites (N-methyl/N-ethyl adjacent to an activating group) is 1. The van der Waals surface area contributed by atoms with E-state index < -0.39 is 0 Å². The molecule has 2 heterocycles. The third-order valence-corrected chi connectivity index (χ3v) is 3.73. The molecule has 2 aliphatic rings. The normalized spacial score (nSPS) is 28.8. The molecule has 1 unspecified atom stereocenters. The van der Waals surface area contributed by atoms with Gasteiger partial charge in [-0.15, -0.1) is 0 Å². The lowest BCUT2D eigenvalue weighted by atomic mass is 10.1. The predicted octanol–water partition coefficient (Wildman–Crippen LogP) is 1.24. The van der Waals surface area contributed by atoms with Gasteiger partial charge < -0.3 is 10.1 Å². The lowest BCUT2D eigenvalue weighted by molar-refractivity contribution is 0.0332. The van der Waals surface area contributed by atoms with Gasteiger partial charge in [-0.3, -0.25) is 4.90 Å². The summed E-state index contributed by atoms with van der Waals surface area (Å²) >= 11 is 0. The quantitative estimate of drug-likeness (QED) is 0.759. The zero-order valence-corrected chi connectivity index (χ0v) is 9.87. The van der Waals surface area contributed by atoms with Gasteiger partial charge in [0, 0.05) is 31.8 Å². The minimum Gasteiger partial charge on any atom is -0.381 e. The molecule has 0 aromatic heterocycles. The van der Waals surface area contributed by atoms with E-state index in [1.54, 1.807) is 0 Å². The summed E-state index contributed by atoms with van der Waals surface area (Å²) in [5, 5.41) is 3.59. The Balaban J connectivity index is 1.79. The van der Waals surface area contributed by atoms with Crippen molar-refractivity contribution in [1.82, 2.24) is 10.2 Å². The van der Waals surface area contributed by atoms with E-state index in [-0.39, 0.29) is 0 Å². The molecule has 0 amide bonds. The standard InChI is InChI=1S/C12H24N2O/c1-2-14(10-11-4-3-7-13-11)12-5-8-15-9-6-12/h11-13H,2-10H2,1H3. The van der Waals surface area contributed by atoms with E-state index in [4.69, 9.17) is 4.74 Å². The summed E-state index contributed by atoms with van der Waals surface area (Å²) in [6.07, 6.45) is 5.16.